The maximum absolute atomic E-state index is 12.2. The summed E-state index contributed by atoms with van der Waals surface area (Å²) in [6.07, 6.45) is 2.73. The van der Waals surface area contributed by atoms with Crippen molar-refractivity contribution in [1.29, 1.82) is 0 Å². The van der Waals surface area contributed by atoms with Crippen LogP contribution in [-0.4, -0.2) is 42.9 Å². The van der Waals surface area contributed by atoms with Crippen LogP contribution >= 0.6 is 11.3 Å². The van der Waals surface area contributed by atoms with Gasteiger partial charge < -0.3 is 10.6 Å². The molecule has 1 aliphatic rings. The van der Waals surface area contributed by atoms with Crippen molar-refractivity contribution in [2.75, 3.05) is 26.2 Å². The predicted molar refractivity (Wildman–Crippen MR) is 104 cm³/mol. The molecule has 0 aliphatic carbocycles. The normalized spacial score (nSPS) is 15.5. The quantitative estimate of drug-likeness (QED) is 0.750. The van der Waals surface area contributed by atoms with Gasteiger partial charge in [-0.2, -0.15) is 0 Å². The number of hydrogen-bond donors (Lipinski definition) is 2. The molecule has 6 heteroatoms. The monoisotopic (exact) mass is 371 g/mol. The smallest absolute Gasteiger partial charge is 0.251 e. The molecule has 2 amide bonds. The van der Waals surface area contributed by atoms with Crippen molar-refractivity contribution in [2.24, 2.45) is 0 Å². The maximum atomic E-state index is 12.2. The number of likely N-dealkylation sites (tertiary alicyclic amines) is 1. The highest BCUT2D eigenvalue weighted by Crippen LogP contribution is 2.27. The number of benzene rings is 1. The van der Waals surface area contributed by atoms with Gasteiger partial charge in [-0.25, -0.2) is 0 Å². The van der Waals surface area contributed by atoms with Gasteiger partial charge in [-0.15, -0.1) is 11.3 Å². The number of amides is 2. The van der Waals surface area contributed by atoms with Crippen molar-refractivity contribution in [3.63, 3.8) is 0 Å². The van der Waals surface area contributed by atoms with Gasteiger partial charge in [-0.05, 0) is 49.5 Å². The third-order valence-corrected chi connectivity index (χ3v) is 5.59. The van der Waals surface area contributed by atoms with Crippen LogP contribution in [0, 0.1) is 0 Å². The first-order chi connectivity index (χ1) is 12.7. The summed E-state index contributed by atoms with van der Waals surface area (Å²) in [5.41, 5.74) is 0.611. The maximum Gasteiger partial charge on any atom is 0.251 e. The van der Waals surface area contributed by atoms with E-state index < -0.39 is 0 Å². The lowest BCUT2D eigenvalue weighted by molar-refractivity contribution is -0.121. The van der Waals surface area contributed by atoms with E-state index in [1.807, 2.05) is 18.2 Å². The van der Waals surface area contributed by atoms with E-state index in [-0.39, 0.29) is 24.3 Å². The molecule has 3 rings (SSSR count). The Hall–Kier alpha value is -2.18. The first-order valence-electron chi connectivity index (χ1n) is 9.11. The molecule has 1 aromatic carbocycles. The summed E-state index contributed by atoms with van der Waals surface area (Å²) in [7, 11) is 0. The highest BCUT2D eigenvalue weighted by Gasteiger charge is 2.24. The van der Waals surface area contributed by atoms with Crippen LogP contribution in [0.1, 0.15) is 40.5 Å². The lowest BCUT2D eigenvalue weighted by atomic mass is 10.2. The Balaban J connectivity index is 1.43. The van der Waals surface area contributed by atoms with E-state index in [0.29, 0.717) is 18.7 Å². The zero-order valence-electron chi connectivity index (χ0n) is 14.8. The molecule has 1 aromatic heterocycles. The third-order valence-electron chi connectivity index (χ3n) is 4.62. The Morgan fingerprint density at radius 2 is 1.81 bits per heavy atom. The fourth-order valence-corrected chi connectivity index (χ4v) is 4.08. The average molecular weight is 372 g/mol. The molecule has 1 fully saturated rings. The van der Waals surface area contributed by atoms with Crippen LogP contribution in [-0.2, 0) is 4.79 Å². The molecule has 0 unspecified atom stereocenters. The van der Waals surface area contributed by atoms with E-state index in [1.54, 1.807) is 23.5 Å². The van der Waals surface area contributed by atoms with Crippen LogP contribution in [0.2, 0.25) is 0 Å². The van der Waals surface area contributed by atoms with E-state index in [1.165, 1.54) is 17.7 Å². The Morgan fingerprint density at radius 3 is 2.50 bits per heavy atom. The van der Waals surface area contributed by atoms with E-state index in [9.17, 15) is 9.59 Å². The molecule has 1 saturated heterocycles. The van der Waals surface area contributed by atoms with Gasteiger partial charge in [-0.3, -0.25) is 14.5 Å². The minimum atomic E-state index is -0.146. The fourth-order valence-electron chi connectivity index (χ4n) is 3.22. The SMILES string of the molecule is O=C(CCNC(=O)c1ccccc1)NC[C@H](c1cccs1)N1CCCC1. The van der Waals surface area contributed by atoms with Gasteiger partial charge in [0.15, 0.2) is 0 Å². The third kappa shape index (κ3) is 5.16. The number of nitrogens with zero attached hydrogens (tertiary/aromatic N) is 1. The standard InChI is InChI=1S/C20H25N3O2S/c24-19(10-11-21-20(25)16-7-2-1-3-8-16)22-15-17(18-9-6-14-26-18)23-12-4-5-13-23/h1-3,6-9,14,17H,4-5,10-13,15H2,(H,21,25)(H,22,24)/t17-/m1/s1. The minimum absolute atomic E-state index is 0.0286. The second-order valence-electron chi connectivity index (χ2n) is 6.45. The number of carbonyl (C=O) groups is 2. The van der Waals surface area contributed by atoms with Crippen LogP contribution < -0.4 is 10.6 Å². The summed E-state index contributed by atoms with van der Waals surface area (Å²) >= 11 is 1.74. The summed E-state index contributed by atoms with van der Waals surface area (Å²) in [5.74, 6) is -0.175. The van der Waals surface area contributed by atoms with Crippen LogP contribution in [0.4, 0.5) is 0 Å². The first kappa shape index (κ1) is 18.6. The number of hydrogen-bond acceptors (Lipinski definition) is 4. The second kappa shape index (κ2) is 9.50. The summed E-state index contributed by atoms with van der Waals surface area (Å²) in [5, 5.41) is 7.91. The topological polar surface area (TPSA) is 61.4 Å². The molecule has 0 bridgehead atoms. The van der Waals surface area contributed by atoms with Gasteiger partial charge in [0, 0.05) is 30.0 Å². The Labute approximate surface area is 158 Å². The van der Waals surface area contributed by atoms with Crippen molar-refractivity contribution >= 4 is 23.2 Å². The summed E-state index contributed by atoms with van der Waals surface area (Å²) in [6, 6.07) is 13.5. The highest BCUT2D eigenvalue weighted by molar-refractivity contribution is 7.10. The Bertz CT molecular complexity index is 697. The van der Waals surface area contributed by atoms with Crippen LogP contribution in [0.15, 0.2) is 47.8 Å². The molecule has 138 valence electrons. The zero-order chi connectivity index (χ0) is 18.2. The van der Waals surface area contributed by atoms with Gasteiger partial charge in [-0.1, -0.05) is 24.3 Å². The Kier molecular flexibility index (Phi) is 6.80. The summed E-state index contributed by atoms with van der Waals surface area (Å²) in [6.45, 7) is 3.13. The van der Waals surface area contributed by atoms with Crippen molar-refractivity contribution in [2.45, 2.75) is 25.3 Å². The second-order valence-corrected chi connectivity index (χ2v) is 7.43. The van der Waals surface area contributed by atoms with Gasteiger partial charge >= 0.3 is 0 Å². The van der Waals surface area contributed by atoms with Gasteiger partial charge in [0.1, 0.15) is 0 Å². The van der Waals surface area contributed by atoms with Crippen LogP contribution in [0.25, 0.3) is 0 Å². The van der Waals surface area contributed by atoms with Gasteiger partial charge in [0.05, 0.1) is 6.04 Å². The average Bonchev–Trinajstić information content (AvgIpc) is 3.37. The lowest BCUT2D eigenvalue weighted by Gasteiger charge is -2.26. The lowest BCUT2D eigenvalue weighted by Crippen LogP contribution is -2.37. The number of carbonyl (C=O) groups excluding carboxylic acids is 2. The molecular weight excluding hydrogens is 346 g/mol. The molecule has 0 spiro atoms. The van der Waals surface area contributed by atoms with Crippen molar-refractivity contribution in [3.8, 4) is 0 Å². The molecule has 0 radical (unpaired) electrons. The van der Waals surface area contributed by atoms with Crippen LogP contribution in [0.5, 0.6) is 0 Å². The first-order valence-corrected chi connectivity index (χ1v) is 9.99. The predicted octanol–water partition coefficient (Wildman–Crippen LogP) is 2.82. The fraction of sp³-hybridized carbons (Fsp3) is 0.400. The highest BCUT2D eigenvalue weighted by atomic mass is 32.1. The molecule has 2 aromatic rings. The van der Waals surface area contributed by atoms with Crippen LogP contribution in [0.3, 0.4) is 0 Å². The molecule has 1 atom stereocenters. The largest absolute Gasteiger partial charge is 0.354 e. The Morgan fingerprint density at radius 1 is 1.04 bits per heavy atom. The van der Waals surface area contributed by atoms with E-state index in [0.717, 1.165) is 13.1 Å². The molecule has 26 heavy (non-hydrogen) atoms. The molecule has 5 nitrogen and oxygen atoms in total. The molecule has 1 aliphatic heterocycles. The molecule has 2 N–H and O–H groups in total. The van der Waals surface area contributed by atoms with E-state index in [2.05, 4.69) is 33.0 Å². The molecular formula is C20H25N3O2S. The molecule has 2 heterocycles. The van der Waals surface area contributed by atoms with E-state index >= 15 is 0 Å². The molecule has 0 saturated carbocycles. The zero-order valence-corrected chi connectivity index (χ0v) is 15.6. The number of nitrogens with one attached hydrogen (secondary N) is 2. The van der Waals surface area contributed by atoms with Crippen molar-refractivity contribution < 1.29 is 9.59 Å². The summed E-state index contributed by atoms with van der Waals surface area (Å²) < 4.78 is 0. The van der Waals surface area contributed by atoms with Gasteiger partial charge in [0.25, 0.3) is 5.91 Å². The number of rotatable bonds is 8. The van der Waals surface area contributed by atoms with Crippen molar-refractivity contribution in [1.82, 2.24) is 15.5 Å². The van der Waals surface area contributed by atoms with Crippen molar-refractivity contribution in [3.05, 3.63) is 58.3 Å². The summed E-state index contributed by atoms with van der Waals surface area (Å²) in [4.78, 5) is 27.9. The van der Waals surface area contributed by atoms with Gasteiger partial charge in [0.2, 0.25) is 5.91 Å². The van der Waals surface area contributed by atoms with E-state index in [4.69, 9.17) is 0 Å². The minimum Gasteiger partial charge on any atom is -0.354 e. The number of thiophene rings is 1.